The number of aryl methyl sites for hydroxylation is 2. The molecule has 1 aliphatic rings. The van der Waals surface area contributed by atoms with E-state index in [0.29, 0.717) is 12.2 Å². The van der Waals surface area contributed by atoms with Crippen molar-refractivity contribution in [2.75, 3.05) is 56.6 Å². The number of benzene rings is 2. The molecule has 1 heterocycles. The number of anilines is 2. The van der Waals surface area contributed by atoms with Crippen molar-refractivity contribution in [1.29, 1.82) is 0 Å². The van der Waals surface area contributed by atoms with E-state index in [4.69, 9.17) is 4.74 Å². The first-order chi connectivity index (χ1) is 15.0. The number of hydrogen-bond donors (Lipinski definition) is 2. The van der Waals surface area contributed by atoms with E-state index in [-0.39, 0.29) is 0 Å². The van der Waals surface area contributed by atoms with Gasteiger partial charge in [-0.2, -0.15) is 0 Å². The summed E-state index contributed by atoms with van der Waals surface area (Å²) in [6, 6.07) is 13.9. The minimum absolute atomic E-state index is 0.484. The summed E-state index contributed by atoms with van der Waals surface area (Å²) in [6.45, 7) is 9.13. The third kappa shape index (κ3) is 6.46. The molecule has 3 rings (SSSR count). The summed E-state index contributed by atoms with van der Waals surface area (Å²) in [5, 5.41) is 5.42. The first-order valence-electron chi connectivity index (χ1n) is 10.7. The number of carbonyl (C=O) groups excluding carboxylic acids is 2. The maximum absolute atomic E-state index is 12.1. The Morgan fingerprint density at radius 2 is 1.68 bits per heavy atom. The highest BCUT2D eigenvalue weighted by Gasteiger charge is 2.18. The van der Waals surface area contributed by atoms with Crippen molar-refractivity contribution < 1.29 is 14.3 Å². The number of nitrogens with one attached hydrogen (secondary N) is 2. The van der Waals surface area contributed by atoms with Crippen LogP contribution >= 0.6 is 0 Å². The van der Waals surface area contributed by atoms with Gasteiger partial charge in [-0.15, -0.1) is 0 Å². The van der Waals surface area contributed by atoms with E-state index in [0.717, 1.165) is 56.0 Å². The number of methoxy groups -OCH3 is 1. The summed E-state index contributed by atoms with van der Waals surface area (Å²) in [4.78, 5) is 29.0. The lowest BCUT2D eigenvalue weighted by Gasteiger charge is -2.36. The van der Waals surface area contributed by atoms with E-state index in [9.17, 15) is 9.59 Å². The number of hydrogen-bond acceptors (Lipinski definition) is 5. The Bertz CT molecular complexity index is 890. The van der Waals surface area contributed by atoms with Crippen molar-refractivity contribution in [3.05, 3.63) is 53.6 Å². The predicted octanol–water partition coefficient (Wildman–Crippen LogP) is 2.58. The molecule has 2 N–H and O–H groups in total. The van der Waals surface area contributed by atoms with Crippen molar-refractivity contribution in [2.24, 2.45) is 0 Å². The molecular weight excluding hydrogens is 392 g/mol. The lowest BCUT2D eigenvalue weighted by Crippen LogP contribution is -2.47. The van der Waals surface area contributed by atoms with Crippen LogP contribution in [0.5, 0.6) is 5.75 Å². The van der Waals surface area contributed by atoms with E-state index >= 15 is 0 Å². The quantitative estimate of drug-likeness (QED) is 0.528. The van der Waals surface area contributed by atoms with Crippen LogP contribution in [0.3, 0.4) is 0 Å². The Kier molecular flexibility index (Phi) is 7.89. The van der Waals surface area contributed by atoms with Gasteiger partial charge in [-0.25, -0.2) is 0 Å². The van der Waals surface area contributed by atoms with Gasteiger partial charge < -0.3 is 20.3 Å². The van der Waals surface area contributed by atoms with Gasteiger partial charge in [-0.05, 0) is 68.3 Å². The van der Waals surface area contributed by atoms with Crippen LogP contribution < -0.4 is 20.3 Å². The molecule has 0 atom stereocenters. The van der Waals surface area contributed by atoms with Gasteiger partial charge in [0.05, 0.1) is 7.11 Å². The number of ether oxygens (including phenoxy) is 1. The molecule has 31 heavy (non-hydrogen) atoms. The van der Waals surface area contributed by atoms with Gasteiger partial charge in [0.15, 0.2) is 0 Å². The molecular formula is C24H32N4O3. The van der Waals surface area contributed by atoms with Crippen LogP contribution in [0.2, 0.25) is 0 Å². The molecule has 7 nitrogen and oxygen atoms in total. The van der Waals surface area contributed by atoms with Crippen LogP contribution in [0.4, 0.5) is 11.4 Å². The second kappa shape index (κ2) is 10.8. The van der Waals surface area contributed by atoms with Crippen molar-refractivity contribution in [1.82, 2.24) is 10.2 Å². The van der Waals surface area contributed by atoms with Crippen LogP contribution in [0.15, 0.2) is 42.5 Å². The summed E-state index contributed by atoms with van der Waals surface area (Å²) in [5.41, 5.74) is 3.85. The summed E-state index contributed by atoms with van der Waals surface area (Å²) in [7, 11) is 1.67. The van der Waals surface area contributed by atoms with Crippen molar-refractivity contribution in [3.63, 3.8) is 0 Å². The van der Waals surface area contributed by atoms with E-state index < -0.39 is 11.8 Å². The maximum Gasteiger partial charge on any atom is 0.313 e. The Morgan fingerprint density at radius 3 is 2.35 bits per heavy atom. The molecule has 0 radical (unpaired) electrons. The van der Waals surface area contributed by atoms with E-state index in [1.54, 1.807) is 7.11 Å². The Labute approximate surface area is 184 Å². The van der Waals surface area contributed by atoms with Gasteiger partial charge in [-0.1, -0.05) is 12.1 Å². The van der Waals surface area contributed by atoms with Crippen molar-refractivity contribution >= 4 is 23.2 Å². The highest BCUT2D eigenvalue weighted by molar-refractivity contribution is 6.39. The van der Waals surface area contributed by atoms with Gasteiger partial charge >= 0.3 is 11.8 Å². The SMILES string of the molecule is COc1ccc(N2CCN(CCCNC(=O)C(=O)Nc3cc(C)ccc3C)CC2)cc1. The molecule has 2 aromatic carbocycles. The van der Waals surface area contributed by atoms with E-state index in [1.165, 1.54) is 5.69 Å². The molecule has 0 unspecified atom stereocenters. The highest BCUT2D eigenvalue weighted by Crippen LogP contribution is 2.20. The zero-order valence-corrected chi connectivity index (χ0v) is 18.6. The van der Waals surface area contributed by atoms with Crippen LogP contribution in [0.1, 0.15) is 17.5 Å². The van der Waals surface area contributed by atoms with Crippen LogP contribution in [-0.2, 0) is 9.59 Å². The van der Waals surface area contributed by atoms with E-state index in [2.05, 4.69) is 32.6 Å². The first kappa shape index (κ1) is 22.6. The molecule has 2 aromatic rings. The zero-order valence-electron chi connectivity index (χ0n) is 18.6. The average molecular weight is 425 g/mol. The van der Waals surface area contributed by atoms with Gasteiger partial charge in [0.1, 0.15) is 5.75 Å². The Morgan fingerprint density at radius 1 is 0.968 bits per heavy atom. The van der Waals surface area contributed by atoms with Gasteiger partial charge in [0, 0.05) is 44.1 Å². The minimum Gasteiger partial charge on any atom is -0.497 e. The number of rotatable bonds is 7. The number of carbonyl (C=O) groups is 2. The standard InChI is InChI=1S/C24H32N4O3/c1-18-5-6-19(2)22(17-18)26-24(30)23(29)25-11-4-12-27-13-15-28(16-14-27)20-7-9-21(31-3)10-8-20/h5-10,17H,4,11-16H2,1-3H3,(H,25,29)(H,26,30). The summed E-state index contributed by atoms with van der Waals surface area (Å²) >= 11 is 0. The number of nitrogens with zero attached hydrogens (tertiary/aromatic N) is 2. The molecule has 0 spiro atoms. The molecule has 7 heteroatoms. The minimum atomic E-state index is -0.623. The smallest absolute Gasteiger partial charge is 0.313 e. The molecule has 1 aliphatic heterocycles. The van der Waals surface area contributed by atoms with Crippen LogP contribution in [-0.4, -0.2) is 63.1 Å². The fourth-order valence-electron chi connectivity index (χ4n) is 3.66. The second-order valence-corrected chi connectivity index (χ2v) is 7.91. The normalized spacial score (nSPS) is 14.2. The van der Waals surface area contributed by atoms with Crippen LogP contribution in [0.25, 0.3) is 0 Å². The molecule has 0 saturated carbocycles. The molecule has 0 bridgehead atoms. The van der Waals surface area contributed by atoms with Crippen molar-refractivity contribution in [3.8, 4) is 5.75 Å². The first-order valence-corrected chi connectivity index (χ1v) is 10.7. The predicted molar refractivity (Wildman–Crippen MR) is 124 cm³/mol. The van der Waals surface area contributed by atoms with Gasteiger partial charge in [-0.3, -0.25) is 14.5 Å². The Balaban J connectivity index is 1.34. The third-order valence-corrected chi connectivity index (χ3v) is 5.59. The Hall–Kier alpha value is -3.06. The molecule has 1 saturated heterocycles. The monoisotopic (exact) mass is 424 g/mol. The lowest BCUT2D eigenvalue weighted by atomic mass is 10.1. The topological polar surface area (TPSA) is 73.9 Å². The summed E-state index contributed by atoms with van der Waals surface area (Å²) in [6.07, 6.45) is 0.811. The number of piperazine rings is 1. The molecule has 0 aromatic heterocycles. The molecule has 2 amide bonds. The summed E-state index contributed by atoms with van der Waals surface area (Å²) < 4.78 is 5.22. The van der Waals surface area contributed by atoms with Crippen molar-refractivity contribution in [2.45, 2.75) is 20.3 Å². The fourth-order valence-corrected chi connectivity index (χ4v) is 3.66. The maximum atomic E-state index is 12.1. The highest BCUT2D eigenvalue weighted by atomic mass is 16.5. The zero-order chi connectivity index (χ0) is 22.2. The van der Waals surface area contributed by atoms with Gasteiger partial charge in [0.2, 0.25) is 0 Å². The summed E-state index contributed by atoms with van der Waals surface area (Å²) in [5.74, 6) is -0.348. The van der Waals surface area contributed by atoms with Gasteiger partial charge in [0.25, 0.3) is 0 Å². The average Bonchev–Trinajstić information content (AvgIpc) is 2.79. The lowest BCUT2D eigenvalue weighted by molar-refractivity contribution is -0.136. The van der Waals surface area contributed by atoms with Crippen LogP contribution in [0, 0.1) is 13.8 Å². The molecule has 0 aliphatic carbocycles. The number of amides is 2. The molecule has 1 fully saturated rings. The second-order valence-electron chi connectivity index (χ2n) is 7.91. The van der Waals surface area contributed by atoms with E-state index in [1.807, 2.05) is 44.2 Å². The largest absolute Gasteiger partial charge is 0.497 e. The fraction of sp³-hybridized carbons (Fsp3) is 0.417. The third-order valence-electron chi connectivity index (χ3n) is 5.59. The molecule has 166 valence electrons.